The number of rotatable bonds is 9. The third-order valence-corrected chi connectivity index (χ3v) is 8.64. The number of amides is 1. The van der Waals surface area contributed by atoms with Gasteiger partial charge in [0.2, 0.25) is 11.7 Å². The van der Waals surface area contributed by atoms with Gasteiger partial charge in [-0.05, 0) is 69.7 Å². The number of nitrogens with one attached hydrogen (secondary N) is 2. The van der Waals surface area contributed by atoms with Crippen LogP contribution < -0.4 is 25.0 Å². The molecule has 3 fully saturated rings. The second-order valence-corrected chi connectivity index (χ2v) is 13.5. The van der Waals surface area contributed by atoms with Crippen molar-refractivity contribution in [1.29, 1.82) is 5.26 Å². The van der Waals surface area contributed by atoms with Crippen molar-refractivity contribution in [3.05, 3.63) is 47.5 Å². The Hall–Kier alpha value is -4.54. The number of carbonyl (C=O) groups is 1. The molecule has 0 saturated carbocycles. The van der Waals surface area contributed by atoms with Crippen LogP contribution in [0.15, 0.2) is 41.4 Å². The van der Waals surface area contributed by atoms with Gasteiger partial charge >= 0.3 is 6.09 Å². The number of piperazine rings is 1. The number of likely N-dealkylation sites (tertiary alicyclic amines) is 1. The smallest absolute Gasteiger partial charge is 0.410 e. The van der Waals surface area contributed by atoms with Crippen LogP contribution in [0.1, 0.15) is 38.8 Å². The third kappa shape index (κ3) is 7.55. The molecule has 1 amide bonds. The van der Waals surface area contributed by atoms with Gasteiger partial charge in [-0.3, -0.25) is 4.90 Å². The molecule has 2 N–H and O–H groups in total. The van der Waals surface area contributed by atoms with Gasteiger partial charge < -0.3 is 39.4 Å². The molecule has 1 unspecified atom stereocenters. The SMILES string of the molecule is COc1nc(NC2(C)N=CC=C(c3ccc(OCC4CN(C(=O)OC(C)(C)C)C4)c(C#N)c3)N2)ccc1N1CCN(C2COC2)CC1. The third-order valence-electron chi connectivity index (χ3n) is 8.64. The molecule has 0 aliphatic carbocycles. The summed E-state index contributed by atoms with van der Waals surface area (Å²) in [6.45, 7) is 14.4. The number of benzene rings is 1. The van der Waals surface area contributed by atoms with Crippen LogP contribution >= 0.6 is 0 Å². The van der Waals surface area contributed by atoms with Crippen LogP contribution in [0, 0.1) is 17.2 Å². The van der Waals surface area contributed by atoms with Crippen LogP contribution in [0.25, 0.3) is 5.70 Å². The van der Waals surface area contributed by atoms with Crippen molar-refractivity contribution in [2.45, 2.75) is 45.1 Å². The highest BCUT2D eigenvalue weighted by Crippen LogP contribution is 2.32. The van der Waals surface area contributed by atoms with E-state index < -0.39 is 11.4 Å². The minimum atomic E-state index is -0.897. The standard InChI is InChI=1S/C34H44N8O5/c1-33(2,3)47-32(43)42-18-23(19-42)20-46-29-8-6-24(16-25(29)17-35)27-10-11-36-34(4,38-27)39-30-9-7-28(31(37-30)44-5)41-14-12-40(13-15-41)26-21-45-22-26/h6-11,16,23,26,38H,12-15,18-22H2,1-5H3,(H,37,39). The Kier molecular flexibility index (Phi) is 9.16. The number of ether oxygens (including phenoxy) is 4. The van der Waals surface area contributed by atoms with Crippen LogP contribution in [0.5, 0.6) is 11.6 Å². The van der Waals surface area contributed by atoms with Gasteiger partial charge in [-0.1, -0.05) is 0 Å². The molecule has 5 heterocycles. The summed E-state index contributed by atoms with van der Waals surface area (Å²) in [7, 11) is 1.64. The second-order valence-electron chi connectivity index (χ2n) is 13.5. The van der Waals surface area contributed by atoms with E-state index in [0.29, 0.717) is 48.7 Å². The highest BCUT2D eigenvalue weighted by molar-refractivity contribution is 5.87. The van der Waals surface area contributed by atoms with Crippen LogP contribution in [-0.2, 0) is 9.47 Å². The molecule has 1 aromatic heterocycles. The van der Waals surface area contributed by atoms with Crippen LogP contribution in [0.3, 0.4) is 0 Å². The summed E-state index contributed by atoms with van der Waals surface area (Å²) in [6, 6.07) is 12.3. The first-order valence-corrected chi connectivity index (χ1v) is 16.1. The molecule has 0 radical (unpaired) electrons. The van der Waals surface area contributed by atoms with E-state index in [9.17, 15) is 10.1 Å². The average molecular weight is 645 g/mol. The normalized spacial score (nSPS) is 21.9. The number of aliphatic imine (C=N–C) groups is 1. The molecule has 47 heavy (non-hydrogen) atoms. The molecular formula is C34H44N8O5. The zero-order valence-corrected chi connectivity index (χ0v) is 27.8. The lowest BCUT2D eigenvalue weighted by Gasteiger charge is -2.43. The molecule has 2 aromatic rings. The number of nitrogens with zero attached hydrogens (tertiary/aromatic N) is 6. The van der Waals surface area contributed by atoms with Crippen molar-refractivity contribution in [3.8, 4) is 17.7 Å². The van der Waals surface area contributed by atoms with Gasteiger partial charge in [-0.15, -0.1) is 0 Å². The Morgan fingerprint density at radius 3 is 2.60 bits per heavy atom. The van der Waals surface area contributed by atoms with Crippen LogP contribution in [0.2, 0.25) is 0 Å². The molecule has 6 rings (SSSR count). The summed E-state index contributed by atoms with van der Waals surface area (Å²) in [5.41, 5.74) is 2.48. The van der Waals surface area contributed by atoms with Gasteiger partial charge in [-0.25, -0.2) is 9.79 Å². The highest BCUT2D eigenvalue weighted by atomic mass is 16.6. The van der Waals surface area contributed by atoms with E-state index in [4.69, 9.17) is 23.9 Å². The summed E-state index contributed by atoms with van der Waals surface area (Å²) in [5.74, 6) is 0.966. The second kappa shape index (κ2) is 13.3. The lowest BCUT2D eigenvalue weighted by molar-refractivity contribution is -0.0660. The molecule has 0 bridgehead atoms. The summed E-state index contributed by atoms with van der Waals surface area (Å²) in [5, 5.41) is 16.8. The van der Waals surface area contributed by atoms with Crippen LogP contribution in [-0.4, -0.2) is 111 Å². The Morgan fingerprint density at radius 2 is 1.94 bits per heavy atom. The predicted molar refractivity (Wildman–Crippen MR) is 179 cm³/mol. The predicted octanol–water partition coefficient (Wildman–Crippen LogP) is 3.53. The fourth-order valence-electron chi connectivity index (χ4n) is 6.00. The zero-order valence-electron chi connectivity index (χ0n) is 27.8. The van der Waals surface area contributed by atoms with E-state index in [1.165, 1.54) is 0 Å². The van der Waals surface area contributed by atoms with Gasteiger partial charge in [0.1, 0.15) is 28.9 Å². The molecule has 13 heteroatoms. The van der Waals surface area contributed by atoms with E-state index in [-0.39, 0.29) is 12.0 Å². The molecule has 13 nitrogen and oxygen atoms in total. The van der Waals surface area contributed by atoms with E-state index in [2.05, 4.69) is 31.5 Å². The van der Waals surface area contributed by atoms with E-state index in [0.717, 1.165) is 56.3 Å². The topological polar surface area (TPSA) is 137 Å². The highest BCUT2D eigenvalue weighted by Gasteiger charge is 2.35. The number of anilines is 2. The molecular weight excluding hydrogens is 600 g/mol. The van der Waals surface area contributed by atoms with E-state index in [1.54, 1.807) is 24.3 Å². The summed E-state index contributed by atoms with van der Waals surface area (Å²) >= 11 is 0. The van der Waals surface area contributed by atoms with Crippen molar-refractivity contribution in [2.24, 2.45) is 10.9 Å². The maximum absolute atomic E-state index is 12.2. The number of nitriles is 1. The molecule has 4 aliphatic heterocycles. The Balaban J connectivity index is 1.04. The number of pyridine rings is 1. The van der Waals surface area contributed by atoms with Crippen molar-refractivity contribution in [1.82, 2.24) is 20.1 Å². The van der Waals surface area contributed by atoms with Gasteiger partial charge in [0, 0.05) is 57.1 Å². The van der Waals surface area contributed by atoms with Crippen molar-refractivity contribution in [3.63, 3.8) is 0 Å². The monoisotopic (exact) mass is 644 g/mol. The summed E-state index contributed by atoms with van der Waals surface area (Å²) in [4.78, 5) is 28.1. The molecule has 1 atom stereocenters. The fourth-order valence-corrected chi connectivity index (χ4v) is 6.00. The fraction of sp³-hybridized carbons (Fsp3) is 0.529. The molecule has 0 spiro atoms. The van der Waals surface area contributed by atoms with E-state index >= 15 is 0 Å². The lowest BCUT2D eigenvalue weighted by atomic mass is 10.0. The number of aromatic nitrogens is 1. The zero-order chi connectivity index (χ0) is 33.2. The largest absolute Gasteiger partial charge is 0.492 e. The van der Waals surface area contributed by atoms with Gasteiger partial charge in [0.15, 0.2) is 0 Å². The van der Waals surface area contributed by atoms with Crippen molar-refractivity contribution < 1.29 is 23.7 Å². The van der Waals surface area contributed by atoms with Gasteiger partial charge in [0.05, 0.1) is 38.5 Å². The van der Waals surface area contributed by atoms with Gasteiger partial charge in [0.25, 0.3) is 0 Å². The maximum atomic E-state index is 12.2. The Bertz CT molecular complexity index is 1570. The number of carbonyl (C=O) groups excluding carboxylic acids is 1. The number of hydrogen-bond acceptors (Lipinski definition) is 12. The Labute approximate surface area is 276 Å². The first-order valence-electron chi connectivity index (χ1n) is 16.1. The summed E-state index contributed by atoms with van der Waals surface area (Å²) < 4.78 is 22.5. The quantitative estimate of drug-likeness (QED) is 0.415. The number of hydrogen-bond donors (Lipinski definition) is 2. The minimum Gasteiger partial charge on any atom is -0.492 e. The lowest BCUT2D eigenvalue weighted by Crippen LogP contribution is -2.56. The maximum Gasteiger partial charge on any atom is 0.410 e. The summed E-state index contributed by atoms with van der Waals surface area (Å²) in [6.07, 6.45) is 3.29. The molecule has 3 saturated heterocycles. The van der Waals surface area contributed by atoms with Crippen molar-refractivity contribution in [2.75, 3.05) is 76.4 Å². The first-order chi connectivity index (χ1) is 22.5. The number of methoxy groups -OCH3 is 1. The Morgan fingerprint density at radius 1 is 1.17 bits per heavy atom. The molecule has 4 aliphatic rings. The van der Waals surface area contributed by atoms with Crippen LogP contribution in [0.4, 0.5) is 16.3 Å². The van der Waals surface area contributed by atoms with Gasteiger partial charge in [-0.2, -0.15) is 10.2 Å². The minimum absolute atomic E-state index is 0.179. The van der Waals surface area contributed by atoms with Crippen molar-refractivity contribution >= 4 is 29.5 Å². The average Bonchev–Trinajstić information content (AvgIpc) is 2.99. The molecule has 1 aromatic carbocycles. The van der Waals surface area contributed by atoms with E-state index in [1.807, 2.05) is 58.0 Å². The first kappa shape index (κ1) is 32.4. The molecule has 250 valence electrons. The number of allylic oxidation sites excluding steroid dienone is 1.